The summed E-state index contributed by atoms with van der Waals surface area (Å²) in [6.45, 7) is 7.55. The smallest absolute Gasteiger partial charge is 0.239 e. The van der Waals surface area contributed by atoms with Gasteiger partial charge in [-0.25, -0.2) is 10.8 Å². The summed E-state index contributed by atoms with van der Waals surface area (Å²) < 4.78 is 0. The van der Waals surface area contributed by atoms with Crippen molar-refractivity contribution in [3.63, 3.8) is 0 Å². The molecule has 1 aromatic heterocycles. The van der Waals surface area contributed by atoms with E-state index in [2.05, 4.69) is 34.6 Å². The number of nitrogens with zero attached hydrogens (tertiary/aromatic N) is 2. The van der Waals surface area contributed by atoms with Gasteiger partial charge in [-0.15, -0.1) is 0 Å². The maximum atomic E-state index is 5.31. The molecule has 17 heavy (non-hydrogen) atoms. The van der Waals surface area contributed by atoms with Crippen LogP contribution in [0.25, 0.3) is 0 Å². The molecule has 1 aliphatic rings. The van der Waals surface area contributed by atoms with Crippen LogP contribution in [-0.4, -0.2) is 16.5 Å². The lowest BCUT2D eigenvalue weighted by atomic mass is 9.92. The fourth-order valence-corrected chi connectivity index (χ4v) is 2.07. The Balaban J connectivity index is 2.04. The average molecular weight is 235 g/mol. The topological polar surface area (TPSA) is 75.9 Å². The lowest BCUT2D eigenvalue weighted by molar-refractivity contribution is 0.380. The van der Waals surface area contributed by atoms with Gasteiger partial charge < -0.3 is 5.32 Å². The van der Waals surface area contributed by atoms with Gasteiger partial charge in [0.15, 0.2) is 0 Å². The Morgan fingerprint density at radius 3 is 2.71 bits per heavy atom. The predicted octanol–water partition coefficient (Wildman–Crippen LogP) is 1.92. The Kier molecular flexibility index (Phi) is 3.19. The molecule has 2 rings (SSSR count). The fraction of sp³-hybridized carbons (Fsp3) is 0.667. The number of nitrogens with two attached hydrogens (primary N) is 1. The Bertz CT molecular complexity index is 398. The van der Waals surface area contributed by atoms with Crippen LogP contribution in [0.4, 0.5) is 11.8 Å². The van der Waals surface area contributed by atoms with Crippen molar-refractivity contribution < 1.29 is 0 Å². The van der Waals surface area contributed by atoms with E-state index in [-0.39, 0.29) is 0 Å². The van der Waals surface area contributed by atoms with Gasteiger partial charge in [0.25, 0.3) is 0 Å². The fourth-order valence-electron chi connectivity index (χ4n) is 2.07. The zero-order valence-corrected chi connectivity index (χ0v) is 10.7. The standard InChI is InChI=1S/C12H21N5/c1-8(2)12(4-5-12)7-15-10-9(3)6-14-11(16-10)17-13/h6,8H,4-5,7,13H2,1-3H3,(H2,14,15,16,17). The van der Waals surface area contributed by atoms with Crippen LogP contribution in [0.15, 0.2) is 6.20 Å². The Morgan fingerprint density at radius 1 is 1.47 bits per heavy atom. The maximum Gasteiger partial charge on any atom is 0.239 e. The summed E-state index contributed by atoms with van der Waals surface area (Å²) >= 11 is 0. The van der Waals surface area contributed by atoms with Gasteiger partial charge in [-0.05, 0) is 31.1 Å². The number of nitrogens with one attached hydrogen (secondary N) is 2. The molecule has 0 saturated heterocycles. The lowest BCUT2D eigenvalue weighted by Crippen LogP contribution is -2.22. The minimum atomic E-state index is 0.451. The number of hydrogen-bond acceptors (Lipinski definition) is 5. The Hall–Kier alpha value is -1.36. The van der Waals surface area contributed by atoms with Crippen molar-refractivity contribution in [1.29, 1.82) is 0 Å². The van der Waals surface area contributed by atoms with Crippen LogP contribution in [-0.2, 0) is 0 Å². The van der Waals surface area contributed by atoms with Crippen LogP contribution in [0.5, 0.6) is 0 Å². The van der Waals surface area contributed by atoms with Crippen molar-refractivity contribution in [2.24, 2.45) is 17.2 Å². The molecule has 0 amide bonds. The molecule has 5 heteroatoms. The molecule has 1 saturated carbocycles. The van der Waals surface area contributed by atoms with Crippen molar-refractivity contribution in [3.8, 4) is 0 Å². The first kappa shape index (κ1) is 12.1. The van der Waals surface area contributed by atoms with Crippen LogP contribution in [0, 0.1) is 18.3 Å². The average Bonchev–Trinajstić information content (AvgIpc) is 3.09. The zero-order chi connectivity index (χ0) is 12.5. The van der Waals surface area contributed by atoms with Crippen molar-refractivity contribution in [1.82, 2.24) is 9.97 Å². The van der Waals surface area contributed by atoms with Crippen LogP contribution < -0.4 is 16.6 Å². The maximum absolute atomic E-state index is 5.31. The molecule has 0 bridgehead atoms. The molecule has 1 aliphatic carbocycles. The number of nitrogen functional groups attached to an aromatic ring is 1. The second-order valence-corrected chi connectivity index (χ2v) is 5.24. The van der Waals surface area contributed by atoms with E-state index in [1.165, 1.54) is 12.8 Å². The summed E-state index contributed by atoms with van der Waals surface area (Å²) in [6.07, 6.45) is 4.40. The highest BCUT2D eigenvalue weighted by molar-refractivity contribution is 5.46. The number of rotatable bonds is 5. The highest BCUT2D eigenvalue weighted by Crippen LogP contribution is 2.51. The summed E-state index contributed by atoms with van der Waals surface area (Å²) in [5.41, 5.74) is 3.98. The minimum Gasteiger partial charge on any atom is -0.369 e. The molecule has 0 atom stereocenters. The summed E-state index contributed by atoms with van der Waals surface area (Å²) in [6, 6.07) is 0. The van der Waals surface area contributed by atoms with Gasteiger partial charge in [0, 0.05) is 18.3 Å². The first-order valence-corrected chi connectivity index (χ1v) is 6.11. The van der Waals surface area contributed by atoms with Gasteiger partial charge in [0.05, 0.1) is 0 Å². The van der Waals surface area contributed by atoms with Crippen LogP contribution in [0.1, 0.15) is 32.3 Å². The molecule has 5 nitrogen and oxygen atoms in total. The summed E-state index contributed by atoms with van der Waals surface area (Å²) in [5.74, 6) is 7.35. The molecule has 1 fully saturated rings. The molecule has 0 spiro atoms. The van der Waals surface area contributed by atoms with Crippen molar-refractivity contribution in [2.75, 3.05) is 17.3 Å². The van der Waals surface area contributed by atoms with Gasteiger partial charge in [-0.3, -0.25) is 5.43 Å². The van der Waals surface area contributed by atoms with Gasteiger partial charge in [0.1, 0.15) is 5.82 Å². The molecule has 4 N–H and O–H groups in total. The minimum absolute atomic E-state index is 0.451. The molecule has 0 unspecified atom stereocenters. The highest BCUT2D eigenvalue weighted by Gasteiger charge is 2.45. The van der Waals surface area contributed by atoms with Gasteiger partial charge in [-0.2, -0.15) is 4.98 Å². The quantitative estimate of drug-likeness (QED) is 0.537. The monoisotopic (exact) mass is 235 g/mol. The summed E-state index contributed by atoms with van der Waals surface area (Å²) in [4.78, 5) is 8.39. The first-order chi connectivity index (χ1) is 8.07. The second-order valence-electron chi connectivity index (χ2n) is 5.24. The Morgan fingerprint density at radius 2 is 2.18 bits per heavy atom. The van der Waals surface area contributed by atoms with Crippen LogP contribution in [0.2, 0.25) is 0 Å². The number of aryl methyl sites for hydroxylation is 1. The second kappa shape index (κ2) is 4.49. The number of hydrogen-bond donors (Lipinski definition) is 3. The summed E-state index contributed by atoms with van der Waals surface area (Å²) in [7, 11) is 0. The molecule has 0 aromatic carbocycles. The highest BCUT2D eigenvalue weighted by atomic mass is 15.3. The summed E-state index contributed by atoms with van der Waals surface area (Å²) in [5, 5.41) is 3.43. The van der Waals surface area contributed by atoms with Gasteiger partial charge >= 0.3 is 0 Å². The third-order valence-electron chi connectivity index (χ3n) is 3.83. The van der Waals surface area contributed by atoms with E-state index >= 15 is 0 Å². The molecule has 1 heterocycles. The van der Waals surface area contributed by atoms with E-state index in [0.717, 1.165) is 17.9 Å². The van der Waals surface area contributed by atoms with Crippen molar-refractivity contribution in [2.45, 2.75) is 33.6 Å². The largest absolute Gasteiger partial charge is 0.369 e. The van der Waals surface area contributed by atoms with Gasteiger partial charge in [-0.1, -0.05) is 13.8 Å². The Labute approximate surface area is 102 Å². The molecular formula is C12H21N5. The molecular weight excluding hydrogens is 214 g/mol. The molecule has 94 valence electrons. The molecule has 1 aromatic rings. The lowest BCUT2D eigenvalue weighted by Gasteiger charge is -2.21. The number of hydrazine groups is 1. The van der Waals surface area contributed by atoms with E-state index in [9.17, 15) is 0 Å². The van der Waals surface area contributed by atoms with E-state index in [0.29, 0.717) is 17.3 Å². The normalized spacial score (nSPS) is 17.0. The van der Waals surface area contributed by atoms with Crippen LogP contribution >= 0.6 is 0 Å². The van der Waals surface area contributed by atoms with Crippen molar-refractivity contribution >= 4 is 11.8 Å². The van der Waals surface area contributed by atoms with E-state index in [1.54, 1.807) is 6.20 Å². The number of anilines is 2. The predicted molar refractivity (Wildman–Crippen MR) is 69.6 cm³/mol. The van der Waals surface area contributed by atoms with Gasteiger partial charge in [0.2, 0.25) is 5.95 Å². The number of aromatic nitrogens is 2. The van der Waals surface area contributed by atoms with E-state index in [1.807, 2.05) is 6.92 Å². The van der Waals surface area contributed by atoms with E-state index < -0.39 is 0 Å². The van der Waals surface area contributed by atoms with Crippen molar-refractivity contribution in [3.05, 3.63) is 11.8 Å². The zero-order valence-electron chi connectivity index (χ0n) is 10.7. The first-order valence-electron chi connectivity index (χ1n) is 6.11. The van der Waals surface area contributed by atoms with E-state index in [4.69, 9.17) is 5.84 Å². The SMILES string of the molecule is Cc1cnc(NN)nc1NCC1(C(C)C)CC1. The third kappa shape index (κ3) is 2.49. The third-order valence-corrected chi connectivity index (χ3v) is 3.83. The molecule has 0 aliphatic heterocycles. The molecule has 0 radical (unpaired) electrons. The van der Waals surface area contributed by atoms with Crippen LogP contribution in [0.3, 0.4) is 0 Å².